The first-order chi connectivity index (χ1) is 8.50. The largest absolute Gasteiger partial charge is 0.481 e. The Labute approximate surface area is 108 Å². The summed E-state index contributed by atoms with van der Waals surface area (Å²) in [5.41, 5.74) is -0.717. The highest BCUT2D eigenvalue weighted by molar-refractivity contribution is 5.82. The van der Waals surface area contributed by atoms with Gasteiger partial charge in [0.2, 0.25) is 5.91 Å². The standard InChI is InChI=1S/C13H22N2O3/c1-3-13(12(17)18)4-5-15(8-13)11(16)10-7-14-6-9(10)2/h9-10,14H,3-8H2,1-2H3,(H,17,18)/t9-,10-,13?/m1/s1. The SMILES string of the molecule is CCC1(C(=O)O)CCN(C(=O)[C@@H]2CNC[C@H]2C)C1. The molecule has 0 spiro atoms. The molecule has 2 aliphatic heterocycles. The second-order valence-electron chi connectivity index (χ2n) is 5.69. The number of likely N-dealkylation sites (tertiary alicyclic amines) is 1. The third-order valence-corrected chi connectivity index (χ3v) is 4.63. The number of rotatable bonds is 3. The topological polar surface area (TPSA) is 69.6 Å². The van der Waals surface area contributed by atoms with Crippen LogP contribution in [0.5, 0.6) is 0 Å². The van der Waals surface area contributed by atoms with E-state index in [1.165, 1.54) is 0 Å². The summed E-state index contributed by atoms with van der Waals surface area (Å²) in [5.74, 6) is -0.271. The van der Waals surface area contributed by atoms with Gasteiger partial charge in [-0.25, -0.2) is 0 Å². The molecule has 0 aliphatic carbocycles. The number of amides is 1. The number of aliphatic carboxylic acids is 1. The molecule has 5 nitrogen and oxygen atoms in total. The Morgan fingerprint density at radius 3 is 2.61 bits per heavy atom. The molecule has 0 radical (unpaired) electrons. The van der Waals surface area contributed by atoms with Crippen LogP contribution in [0.25, 0.3) is 0 Å². The van der Waals surface area contributed by atoms with Gasteiger partial charge in [-0.15, -0.1) is 0 Å². The van der Waals surface area contributed by atoms with Gasteiger partial charge in [0.15, 0.2) is 0 Å². The highest BCUT2D eigenvalue weighted by Crippen LogP contribution is 2.35. The molecule has 18 heavy (non-hydrogen) atoms. The molecule has 1 unspecified atom stereocenters. The van der Waals surface area contributed by atoms with E-state index in [1.54, 1.807) is 4.90 Å². The number of carboxylic acid groups (broad SMARTS) is 1. The Morgan fingerprint density at radius 2 is 2.17 bits per heavy atom. The summed E-state index contributed by atoms with van der Waals surface area (Å²) in [6.45, 7) is 6.53. The van der Waals surface area contributed by atoms with E-state index >= 15 is 0 Å². The van der Waals surface area contributed by atoms with Gasteiger partial charge in [0.05, 0.1) is 11.3 Å². The lowest BCUT2D eigenvalue weighted by molar-refractivity contribution is -0.149. The van der Waals surface area contributed by atoms with Gasteiger partial charge >= 0.3 is 5.97 Å². The molecule has 102 valence electrons. The number of carbonyl (C=O) groups excluding carboxylic acids is 1. The zero-order valence-electron chi connectivity index (χ0n) is 11.1. The van der Waals surface area contributed by atoms with E-state index in [0.29, 0.717) is 31.8 Å². The van der Waals surface area contributed by atoms with Gasteiger partial charge in [0, 0.05) is 19.6 Å². The molecule has 2 rings (SSSR count). The molecule has 1 amide bonds. The molecule has 2 N–H and O–H groups in total. The molecule has 2 heterocycles. The van der Waals surface area contributed by atoms with E-state index < -0.39 is 11.4 Å². The highest BCUT2D eigenvalue weighted by atomic mass is 16.4. The molecule has 5 heteroatoms. The van der Waals surface area contributed by atoms with Gasteiger partial charge in [-0.1, -0.05) is 13.8 Å². The van der Waals surface area contributed by atoms with Crippen molar-refractivity contribution in [3.8, 4) is 0 Å². The second-order valence-corrected chi connectivity index (χ2v) is 5.69. The molecular weight excluding hydrogens is 232 g/mol. The molecule has 2 fully saturated rings. The number of hydrogen-bond acceptors (Lipinski definition) is 3. The summed E-state index contributed by atoms with van der Waals surface area (Å²) in [5, 5.41) is 12.6. The van der Waals surface area contributed by atoms with Crippen LogP contribution in [0.1, 0.15) is 26.7 Å². The summed E-state index contributed by atoms with van der Waals surface area (Å²) < 4.78 is 0. The minimum atomic E-state index is -0.766. The van der Waals surface area contributed by atoms with Crippen LogP contribution in [-0.2, 0) is 9.59 Å². The molecule has 0 bridgehead atoms. The normalized spacial score (nSPS) is 36.0. The van der Waals surface area contributed by atoms with Gasteiger partial charge in [0.25, 0.3) is 0 Å². The van der Waals surface area contributed by atoms with E-state index in [-0.39, 0.29) is 11.8 Å². The van der Waals surface area contributed by atoms with Gasteiger partial charge < -0.3 is 15.3 Å². The van der Waals surface area contributed by atoms with Crippen LogP contribution in [0.4, 0.5) is 0 Å². The first-order valence-corrected chi connectivity index (χ1v) is 6.73. The zero-order valence-corrected chi connectivity index (χ0v) is 11.1. The zero-order chi connectivity index (χ0) is 13.3. The smallest absolute Gasteiger partial charge is 0.311 e. The van der Waals surface area contributed by atoms with E-state index in [9.17, 15) is 14.7 Å². The quantitative estimate of drug-likeness (QED) is 0.772. The van der Waals surface area contributed by atoms with Crippen molar-refractivity contribution in [3.63, 3.8) is 0 Å². The van der Waals surface area contributed by atoms with Crippen molar-refractivity contribution in [2.24, 2.45) is 17.3 Å². The third-order valence-electron chi connectivity index (χ3n) is 4.63. The van der Waals surface area contributed by atoms with Gasteiger partial charge in [-0.2, -0.15) is 0 Å². The Morgan fingerprint density at radius 1 is 1.44 bits per heavy atom. The number of nitrogens with one attached hydrogen (secondary N) is 1. The minimum Gasteiger partial charge on any atom is -0.481 e. The maximum atomic E-state index is 12.4. The van der Waals surface area contributed by atoms with Crippen molar-refractivity contribution >= 4 is 11.9 Å². The average molecular weight is 254 g/mol. The van der Waals surface area contributed by atoms with Crippen molar-refractivity contribution in [2.45, 2.75) is 26.7 Å². The van der Waals surface area contributed by atoms with Gasteiger partial charge in [0.1, 0.15) is 0 Å². The molecule has 0 saturated carbocycles. The summed E-state index contributed by atoms with van der Waals surface area (Å²) in [6, 6.07) is 0. The summed E-state index contributed by atoms with van der Waals surface area (Å²) >= 11 is 0. The lowest BCUT2D eigenvalue weighted by Crippen LogP contribution is -2.40. The Hall–Kier alpha value is -1.10. The van der Waals surface area contributed by atoms with E-state index in [4.69, 9.17) is 0 Å². The van der Waals surface area contributed by atoms with Crippen LogP contribution in [0.3, 0.4) is 0 Å². The fourth-order valence-electron chi connectivity index (χ4n) is 3.05. The van der Waals surface area contributed by atoms with E-state index in [0.717, 1.165) is 13.1 Å². The minimum absolute atomic E-state index is 0.0199. The number of nitrogens with zero attached hydrogens (tertiary/aromatic N) is 1. The molecule has 2 aliphatic rings. The Kier molecular flexibility index (Phi) is 3.61. The van der Waals surface area contributed by atoms with Crippen molar-refractivity contribution in [1.82, 2.24) is 10.2 Å². The lowest BCUT2D eigenvalue weighted by atomic mass is 9.84. The van der Waals surface area contributed by atoms with Crippen molar-refractivity contribution in [2.75, 3.05) is 26.2 Å². The Balaban J connectivity index is 2.04. The predicted molar refractivity (Wildman–Crippen MR) is 67.1 cm³/mol. The predicted octanol–water partition coefficient (Wildman–Crippen LogP) is 0.555. The fraction of sp³-hybridized carbons (Fsp3) is 0.846. The van der Waals surface area contributed by atoms with Crippen LogP contribution < -0.4 is 5.32 Å². The van der Waals surface area contributed by atoms with Crippen molar-refractivity contribution < 1.29 is 14.7 Å². The lowest BCUT2D eigenvalue weighted by Gasteiger charge is -2.25. The first kappa shape index (κ1) is 13.3. The van der Waals surface area contributed by atoms with Crippen molar-refractivity contribution in [3.05, 3.63) is 0 Å². The van der Waals surface area contributed by atoms with Gasteiger partial charge in [-0.05, 0) is 25.3 Å². The van der Waals surface area contributed by atoms with Crippen molar-refractivity contribution in [1.29, 1.82) is 0 Å². The summed E-state index contributed by atoms with van der Waals surface area (Å²) in [4.78, 5) is 25.5. The van der Waals surface area contributed by atoms with Crippen LogP contribution in [-0.4, -0.2) is 48.1 Å². The number of carbonyl (C=O) groups is 2. The fourth-order valence-corrected chi connectivity index (χ4v) is 3.05. The second kappa shape index (κ2) is 4.88. The van der Waals surface area contributed by atoms with E-state index in [1.807, 2.05) is 6.92 Å². The maximum Gasteiger partial charge on any atom is 0.311 e. The molecule has 0 aromatic rings. The van der Waals surface area contributed by atoms with Crippen LogP contribution in [0.15, 0.2) is 0 Å². The number of hydrogen-bond donors (Lipinski definition) is 2. The highest BCUT2D eigenvalue weighted by Gasteiger charge is 2.46. The molecular formula is C13H22N2O3. The van der Waals surface area contributed by atoms with Gasteiger partial charge in [-0.3, -0.25) is 9.59 Å². The molecule has 0 aromatic carbocycles. The Bertz CT molecular complexity index is 358. The molecule has 2 saturated heterocycles. The molecule has 0 aromatic heterocycles. The third kappa shape index (κ3) is 2.11. The first-order valence-electron chi connectivity index (χ1n) is 6.73. The summed E-state index contributed by atoms with van der Waals surface area (Å²) in [7, 11) is 0. The average Bonchev–Trinajstić information content (AvgIpc) is 2.95. The summed E-state index contributed by atoms with van der Waals surface area (Å²) in [6.07, 6.45) is 1.17. The molecule has 3 atom stereocenters. The van der Waals surface area contributed by atoms with Crippen LogP contribution in [0.2, 0.25) is 0 Å². The maximum absolute atomic E-state index is 12.4. The van der Waals surface area contributed by atoms with Crippen LogP contribution >= 0.6 is 0 Å². The monoisotopic (exact) mass is 254 g/mol. The van der Waals surface area contributed by atoms with E-state index in [2.05, 4.69) is 12.2 Å². The number of carboxylic acids is 1. The van der Waals surface area contributed by atoms with Crippen LogP contribution in [0, 0.1) is 17.3 Å².